The van der Waals surface area contributed by atoms with Gasteiger partial charge in [0.25, 0.3) is 5.91 Å². The molecule has 148 valence electrons. The van der Waals surface area contributed by atoms with Crippen LogP contribution in [-0.4, -0.2) is 28.6 Å². The Morgan fingerprint density at radius 1 is 1.17 bits per heavy atom. The number of ether oxygens (including phenoxy) is 1. The Hall–Kier alpha value is -2.86. The molecule has 0 unspecified atom stereocenters. The highest BCUT2D eigenvalue weighted by Crippen LogP contribution is 2.62. The van der Waals surface area contributed by atoms with Crippen LogP contribution in [0.5, 0.6) is 5.75 Å². The lowest BCUT2D eigenvalue weighted by Gasteiger charge is -2.70. The van der Waals surface area contributed by atoms with Crippen molar-refractivity contribution in [1.82, 2.24) is 10.3 Å². The Labute approximate surface area is 172 Å². The van der Waals surface area contributed by atoms with Gasteiger partial charge in [0, 0.05) is 46.0 Å². The fourth-order valence-electron chi connectivity index (χ4n) is 4.62. The van der Waals surface area contributed by atoms with E-state index < -0.39 is 5.82 Å². The quantitative estimate of drug-likeness (QED) is 0.634. The number of hydrogen-bond acceptors (Lipinski definition) is 4. The number of halogens is 2. The minimum Gasteiger partial charge on any atom is -0.484 e. The first-order valence-corrected chi connectivity index (χ1v) is 9.84. The highest BCUT2D eigenvalue weighted by Gasteiger charge is 2.68. The Balaban J connectivity index is 1.16. The minimum atomic E-state index is -0.568. The first-order valence-electron chi connectivity index (χ1n) is 9.46. The molecule has 0 atom stereocenters. The molecule has 29 heavy (non-hydrogen) atoms. The average molecular weight is 412 g/mol. The van der Waals surface area contributed by atoms with Crippen LogP contribution in [-0.2, 0) is 4.79 Å². The SMILES string of the molecule is O=C(COc1ccc(Cl)c(F)c1)NC12CC(Nc3cccc4cnccc34)(C1)C2. The maximum atomic E-state index is 13.4. The van der Waals surface area contributed by atoms with E-state index in [0.29, 0.717) is 0 Å². The van der Waals surface area contributed by atoms with Gasteiger partial charge in [-0.2, -0.15) is 0 Å². The first kappa shape index (κ1) is 18.2. The smallest absolute Gasteiger partial charge is 0.258 e. The summed E-state index contributed by atoms with van der Waals surface area (Å²) in [6.45, 7) is -0.153. The van der Waals surface area contributed by atoms with E-state index in [4.69, 9.17) is 16.3 Å². The van der Waals surface area contributed by atoms with Gasteiger partial charge in [-0.15, -0.1) is 0 Å². The molecule has 2 aromatic carbocycles. The maximum Gasteiger partial charge on any atom is 0.258 e. The van der Waals surface area contributed by atoms with Crippen LogP contribution in [0.25, 0.3) is 10.8 Å². The van der Waals surface area contributed by atoms with Gasteiger partial charge in [0.1, 0.15) is 11.6 Å². The van der Waals surface area contributed by atoms with Crippen molar-refractivity contribution < 1.29 is 13.9 Å². The molecule has 3 fully saturated rings. The second-order valence-electron chi connectivity index (χ2n) is 8.03. The van der Waals surface area contributed by atoms with E-state index in [9.17, 15) is 9.18 Å². The average Bonchev–Trinajstić information content (AvgIpc) is 2.66. The number of anilines is 1. The molecule has 1 heterocycles. The lowest BCUT2D eigenvalue weighted by Crippen LogP contribution is -2.81. The number of nitrogens with zero attached hydrogens (tertiary/aromatic N) is 1. The minimum absolute atomic E-state index is 0.0240. The number of rotatable bonds is 6. The lowest BCUT2D eigenvalue weighted by atomic mass is 9.44. The predicted molar refractivity (Wildman–Crippen MR) is 110 cm³/mol. The molecule has 5 nitrogen and oxygen atoms in total. The molecule has 3 aromatic rings. The summed E-state index contributed by atoms with van der Waals surface area (Å²) in [6, 6.07) is 12.3. The molecular formula is C22H19ClFN3O2. The highest BCUT2D eigenvalue weighted by molar-refractivity contribution is 6.30. The first-order chi connectivity index (χ1) is 14.0. The largest absolute Gasteiger partial charge is 0.484 e. The summed E-state index contributed by atoms with van der Waals surface area (Å²) in [5.74, 6) is -0.491. The topological polar surface area (TPSA) is 63.2 Å². The predicted octanol–water partition coefficient (Wildman–Crippen LogP) is 4.31. The standard InChI is InChI=1S/C22H19ClFN3O2/c23-17-5-4-15(8-18(17)24)29-10-20(28)27-22-11-21(12-22,13-22)26-19-3-1-2-14-9-25-7-6-16(14)19/h1-9,26H,10-13H2,(H,27,28). The molecule has 7 heteroatoms. The third-order valence-electron chi connectivity index (χ3n) is 5.78. The second-order valence-corrected chi connectivity index (χ2v) is 8.44. The van der Waals surface area contributed by atoms with Crippen LogP contribution in [0.3, 0.4) is 0 Å². The third-order valence-corrected chi connectivity index (χ3v) is 6.08. The highest BCUT2D eigenvalue weighted by atomic mass is 35.5. The van der Waals surface area contributed by atoms with Gasteiger partial charge >= 0.3 is 0 Å². The van der Waals surface area contributed by atoms with Crippen LogP contribution in [0, 0.1) is 5.82 Å². The molecule has 3 saturated carbocycles. The van der Waals surface area contributed by atoms with Crippen molar-refractivity contribution in [3.8, 4) is 5.75 Å². The normalized spacial score (nSPS) is 24.3. The number of pyridine rings is 1. The zero-order valence-corrected chi connectivity index (χ0v) is 16.3. The van der Waals surface area contributed by atoms with E-state index in [1.165, 1.54) is 18.2 Å². The molecule has 1 amide bonds. The van der Waals surface area contributed by atoms with Gasteiger partial charge in [-0.3, -0.25) is 9.78 Å². The van der Waals surface area contributed by atoms with Gasteiger partial charge in [0.2, 0.25) is 0 Å². The van der Waals surface area contributed by atoms with Gasteiger partial charge in [0.15, 0.2) is 6.61 Å². The summed E-state index contributed by atoms with van der Waals surface area (Å²) in [5, 5.41) is 9.01. The Kier molecular flexibility index (Phi) is 4.13. The van der Waals surface area contributed by atoms with Crippen LogP contribution in [0.1, 0.15) is 19.3 Å². The van der Waals surface area contributed by atoms with E-state index in [-0.39, 0.29) is 34.4 Å². The van der Waals surface area contributed by atoms with Crippen LogP contribution in [0.15, 0.2) is 54.9 Å². The fraction of sp³-hybridized carbons (Fsp3) is 0.273. The van der Waals surface area contributed by atoms with E-state index in [2.05, 4.69) is 21.7 Å². The lowest BCUT2D eigenvalue weighted by molar-refractivity contribution is -0.135. The van der Waals surface area contributed by atoms with Gasteiger partial charge in [-0.05, 0) is 43.5 Å². The number of hydrogen-bond donors (Lipinski definition) is 2. The van der Waals surface area contributed by atoms with E-state index in [1.807, 2.05) is 24.4 Å². The van der Waals surface area contributed by atoms with Crippen molar-refractivity contribution in [3.05, 3.63) is 65.7 Å². The summed E-state index contributed by atoms with van der Waals surface area (Å²) in [7, 11) is 0. The monoisotopic (exact) mass is 411 g/mol. The number of nitrogens with one attached hydrogen (secondary N) is 2. The van der Waals surface area contributed by atoms with Crippen molar-refractivity contribution in [3.63, 3.8) is 0 Å². The van der Waals surface area contributed by atoms with Crippen LogP contribution in [0.4, 0.5) is 10.1 Å². The summed E-state index contributed by atoms with van der Waals surface area (Å²) in [5.41, 5.74) is 0.966. The molecule has 6 rings (SSSR count). The number of fused-ring (bicyclic) bond motifs is 1. The van der Waals surface area contributed by atoms with Crippen molar-refractivity contribution in [2.24, 2.45) is 0 Å². The number of benzene rings is 2. The van der Waals surface area contributed by atoms with Gasteiger partial charge in [-0.25, -0.2) is 4.39 Å². The molecule has 2 bridgehead atoms. The molecule has 0 aliphatic heterocycles. The third kappa shape index (κ3) is 3.27. The molecule has 3 aliphatic carbocycles. The number of aromatic nitrogens is 1. The van der Waals surface area contributed by atoms with Gasteiger partial charge in [-0.1, -0.05) is 23.7 Å². The Morgan fingerprint density at radius 3 is 2.79 bits per heavy atom. The number of carbonyl (C=O) groups excluding carboxylic acids is 1. The van der Waals surface area contributed by atoms with E-state index in [0.717, 1.165) is 35.7 Å². The van der Waals surface area contributed by atoms with Crippen molar-refractivity contribution in [1.29, 1.82) is 0 Å². The molecule has 0 radical (unpaired) electrons. The van der Waals surface area contributed by atoms with Gasteiger partial charge in [0.05, 0.1) is 5.02 Å². The van der Waals surface area contributed by atoms with Crippen molar-refractivity contribution in [2.45, 2.75) is 30.3 Å². The maximum absolute atomic E-state index is 13.4. The zero-order chi connectivity index (χ0) is 20.1. The van der Waals surface area contributed by atoms with E-state index in [1.54, 1.807) is 6.20 Å². The summed E-state index contributed by atoms with van der Waals surface area (Å²) >= 11 is 5.65. The van der Waals surface area contributed by atoms with Crippen LogP contribution in [0.2, 0.25) is 5.02 Å². The summed E-state index contributed by atoms with van der Waals surface area (Å²) in [4.78, 5) is 16.4. The van der Waals surface area contributed by atoms with Crippen molar-refractivity contribution >= 4 is 34.0 Å². The van der Waals surface area contributed by atoms with Crippen molar-refractivity contribution in [2.75, 3.05) is 11.9 Å². The molecule has 1 aromatic heterocycles. The van der Waals surface area contributed by atoms with Crippen LogP contribution < -0.4 is 15.4 Å². The Morgan fingerprint density at radius 2 is 2.00 bits per heavy atom. The molecule has 0 spiro atoms. The molecule has 3 aliphatic rings. The summed E-state index contributed by atoms with van der Waals surface area (Å²) in [6.07, 6.45) is 6.29. The molecule has 2 N–H and O–H groups in total. The Bertz CT molecular complexity index is 1100. The fourth-order valence-corrected chi connectivity index (χ4v) is 4.74. The molecule has 0 saturated heterocycles. The van der Waals surface area contributed by atoms with Crippen LogP contribution >= 0.6 is 11.6 Å². The second kappa shape index (κ2) is 6.59. The van der Waals surface area contributed by atoms with Gasteiger partial charge < -0.3 is 15.4 Å². The van der Waals surface area contributed by atoms with E-state index >= 15 is 0 Å². The summed E-state index contributed by atoms with van der Waals surface area (Å²) < 4.78 is 18.8. The number of carbonyl (C=O) groups is 1. The molecular weight excluding hydrogens is 393 g/mol. The zero-order valence-electron chi connectivity index (χ0n) is 15.5. The number of amides is 1.